The Hall–Kier alpha value is -2.82. The van der Waals surface area contributed by atoms with Gasteiger partial charge in [-0.3, -0.25) is 14.6 Å². The summed E-state index contributed by atoms with van der Waals surface area (Å²) in [7, 11) is 0. The van der Waals surface area contributed by atoms with Crippen molar-refractivity contribution < 1.29 is 9.53 Å². The standard InChI is InChI=1S/C18H18N2O3/c1-2-3-12-23-18(22)13-8-10-14(11-9-13)20-16-7-5-4-6-15(16)17(21)19-20/h4-11H,2-3,12H2,1H3,(H,19,21). The molecule has 3 aromatic rings. The van der Waals surface area contributed by atoms with Gasteiger partial charge in [0.2, 0.25) is 0 Å². The fraction of sp³-hybridized carbons (Fsp3) is 0.222. The number of unbranched alkanes of at least 4 members (excludes halogenated alkanes) is 1. The first-order valence-electron chi connectivity index (χ1n) is 7.68. The van der Waals surface area contributed by atoms with Gasteiger partial charge in [-0.05, 0) is 42.8 Å². The van der Waals surface area contributed by atoms with E-state index in [1.54, 1.807) is 35.0 Å². The van der Waals surface area contributed by atoms with Gasteiger partial charge in [0.25, 0.3) is 5.56 Å². The Labute approximate surface area is 133 Å². The number of para-hydroxylation sites is 1. The summed E-state index contributed by atoms with van der Waals surface area (Å²) in [6.45, 7) is 2.48. The highest BCUT2D eigenvalue weighted by Gasteiger charge is 2.10. The van der Waals surface area contributed by atoms with Crippen molar-refractivity contribution in [2.24, 2.45) is 0 Å². The Morgan fingerprint density at radius 3 is 2.61 bits per heavy atom. The average Bonchev–Trinajstić information content (AvgIpc) is 2.93. The highest BCUT2D eigenvalue weighted by atomic mass is 16.5. The summed E-state index contributed by atoms with van der Waals surface area (Å²) >= 11 is 0. The zero-order chi connectivity index (χ0) is 16.2. The van der Waals surface area contributed by atoms with E-state index in [2.05, 4.69) is 5.10 Å². The van der Waals surface area contributed by atoms with Gasteiger partial charge in [0.1, 0.15) is 0 Å². The summed E-state index contributed by atoms with van der Waals surface area (Å²) in [5.41, 5.74) is 1.96. The maximum atomic E-state index is 11.9. The predicted octanol–water partition coefficient (Wildman–Crippen LogP) is 3.28. The van der Waals surface area contributed by atoms with Crippen LogP contribution < -0.4 is 5.56 Å². The lowest BCUT2D eigenvalue weighted by atomic mass is 10.2. The van der Waals surface area contributed by atoms with E-state index in [0.717, 1.165) is 24.0 Å². The number of H-pyrrole nitrogens is 1. The summed E-state index contributed by atoms with van der Waals surface area (Å²) in [6, 6.07) is 14.4. The number of benzene rings is 2. The second-order valence-corrected chi connectivity index (χ2v) is 5.33. The second-order valence-electron chi connectivity index (χ2n) is 5.33. The number of esters is 1. The van der Waals surface area contributed by atoms with Crippen molar-refractivity contribution in [2.75, 3.05) is 6.61 Å². The quantitative estimate of drug-likeness (QED) is 0.581. The molecular formula is C18H18N2O3. The zero-order valence-corrected chi connectivity index (χ0v) is 12.9. The van der Waals surface area contributed by atoms with Crippen LogP contribution in [0.1, 0.15) is 30.1 Å². The minimum Gasteiger partial charge on any atom is -0.462 e. The van der Waals surface area contributed by atoms with Gasteiger partial charge in [-0.2, -0.15) is 0 Å². The van der Waals surface area contributed by atoms with Gasteiger partial charge >= 0.3 is 5.97 Å². The van der Waals surface area contributed by atoms with Crippen LogP contribution in [0.3, 0.4) is 0 Å². The molecule has 5 heteroatoms. The summed E-state index contributed by atoms with van der Waals surface area (Å²) in [5, 5.41) is 3.44. The average molecular weight is 310 g/mol. The Morgan fingerprint density at radius 1 is 1.13 bits per heavy atom. The van der Waals surface area contributed by atoms with Crippen LogP contribution in [0, 0.1) is 0 Å². The SMILES string of the molecule is CCCCOC(=O)c1ccc(-n2[nH]c(=O)c3ccccc32)cc1. The minimum absolute atomic E-state index is 0.136. The van der Waals surface area contributed by atoms with Gasteiger partial charge in [-0.1, -0.05) is 25.5 Å². The molecule has 0 unspecified atom stereocenters. The van der Waals surface area contributed by atoms with Crippen LogP contribution in [-0.2, 0) is 4.74 Å². The van der Waals surface area contributed by atoms with Crippen LogP contribution in [0.15, 0.2) is 53.3 Å². The highest BCUT2D eigenvalue weighted by Crippen LogP contribution is 2.16. The molecule has 1 heterocycles. The summed E-state index contributed by atoms with van der Waals surface area (Å²) in [6.07, 6.45) is 1.85. The minimum atomic E-state index is -0.323. The molecule has 0 bridgehead atoms. The first kappa shape index (κ1) is 15.1. The van der Waals surface area contributed by atoms with Crippen molar-refractivity contribution in [3.63, 3.8) is 0 Å². The number of fused-ring (bicyclic) bond motifs is 1. The molecule has 2 aromatic carbocycles. The topological polar surface area (TPSA) is 64.1 Å². The van der Waals surface area contributed by atoms with Crippen LogP contribution in [0.25, 0.3) is 16.6 Å². The number of hydrogen-bond donors (Lipinski definition) is 1. The molecule has 23 heavy (non-hydrogen) atoms. The maximum absolute atomic E-state index is 11.9. The van der Waals surface area contributed by atoms with Crippen LogP contribution in [0.5, 0.6) is 0 Å². The number of aromatic amines is 1. The lowest BCUT2D eigenvalue weighted by Crippen LogP contribution is -2.07. The lowest BCUT2D eigenvalue weighted by Gasteiger charge is -2.07. The Bertz CT molecular complexity index is 875. The van der Waals surface area contributed by atoms with Crippen molar-refractivity contribution in [3.8, 4) is 5.69 Å². The molecule has 0 saturated carbocycles. The van der Waals surface area contributed by atoms with E-state index in [4.69, 9.17) is 4.74 Å². The molecule has 3 rings (SSSR count). The molecule has 0 aliphatic rings. The number of ether oxygens (including phenoxy) is 1. The van der Waals surface area contributed by atoms with E-state index >= 15 is 0 Å². The molecule has 1 aromatic heterocycles. The van der Waals surface area contributed by atoms with Gasteiger partial charge in [0.05, 0.1) is 28.8 Å². The van der Waals surface area contributed by atoms with Gasteiger partial charge < -0.3 is 4.74 Å². The highest BCUT2D eigenvalue weighted by molar-refractivity contribution is 5.89. The van der Waals surface area contributed by atoms with Crippen molar-refractivity contribution in [2.45, 2.75) is 19.8 Å². The molecule has 1 N–H and O–H groups in total. The van der Waals surface area contributed by atoms with Gasteiger partial charge in [-0.25, -0.2) is 4.79 Å². The number of nitrogens with zero attached hydrogens (tertiary/aromatic N) is 1. The van der Waals surface area contributed by atoms with Crippen molar-refractivity contribution in [1.29, 1.82) is 0 Å². The van der Waals surface area contributed by atoms with E-state index in [9.17, 15) is 9.59 Å². The van der Waals surface area contributed by atoms with Crippen LogP contribution in [-0.4, -0.2) is 22.4 Å². The summed E-state index contributed by atoms with van der Waals surface area (Å²) < 4.78 is 6.90. The van der Waals surface area contributed by atoms with Crippen molar-refractivity contribution >= 4 is 16.9 Å². The Kier molecular flexibility index (Phi) is 4.28. The monoisotopic (exact) mass is 310 g/mol. The fourth-order valence-corrected chi connectivity index (χ4v) is 2.43. The van der Waals surface area contributed by atoms with E-state index < -0.39 is 0 Å². The van der Waals surface area contributed by atoms with E-state index in [1.807, 2.05) is 25.1 Å². The van der Waals surface area contributed by atoms with E-state index in [-0.39, 0.29) is 11.5 Å². The number of nitrogens with one attached hydrogen (secondary N) is 1. The number of aromatic nitrogens is 2. The van der Waals surface area contributed by atoms with Crippen molar-refractivity contribution in [1.82, 2.24) is 9.78 Å². The van der Waals surface area contributed by atoms with E-state index in [0.29, 0.717) is 17.6 Å². The lowest BCUT2D eigenvalue weighted by molar-refractivity contribution is 0.0500. The first-order chi connectivity index (χ1) is 11.2. The van der Waals surface area contributed by atoms with Crippen LogP contribution in [0.2, 0.25) is 0 Å². The first-order valence-corrected chi connectivity index (χ1v) is 7.68. The second kappa shape index (κ2) is 6.52. The molecule has 5 nitrogen and oxygen atoms in total. The van der Waals surface area contributed by atoms with Crippen molar-refractivity contribution in [3.05, 3.63) is 64.4 Å². The van der Waals surface area contributed by atoms with Crippen LogP contribution in [0.4, 0.5) is 0 Å². The van der Waals surface area contributed by atoms with E-state index in [1.165, 1.54) is 0 Å². The Morgan fingerprint density at radius 2 is 1.87 bits per heavy atom. The van der Waals surface area contributed by atoms with Gasteiger partial charge in [-0.15, -0.1) is 0 Å². The molecule has 0 radical (unpaired) electrons. The Balaban J connectivity index is 1.87. The molecule has 0 aliphatic heterocycles. The molecule has 0 saturated heterocycles. The maximum Gasteiger partial charge on any atom is 0.338 e. The van der Waals surface area contributed by atoms with Gasteiger partial charge in [0.15, 0.2) is 0 Å². The normalized spacial score (nSPS) is 10.8. The third-order valence-corrected chi connectivity index (χ3v) is 3.70. The smallest absolute Gasteiger partial charge is 0.338 e. The number of hydrogen-bond acceptors (Lipinski definition) is 3. The van der Waals surface area contributed by atoms with Gasteiger partial charge in [0, 0.05) is 0 Å². The predicted molar refractivity (Wildman–Crippen MR) is 89.1 cm³/mol. The summed E-state index contributed by atoms with van der Waals surface area (Å²) in [5.74, 6) is -0.323. The molecule has 0 atom stereocenters. The third-order valence-electron chi connectivity index (χ3n) is 3.70. The number of rotatable bonds is 5. The molecule has 0 fully saturated rings. The zero-order valence-electron chi connectivity index (χ0n) is 12.9. The summed E-state index contributed by atoms with van der Waals surface area (Å²) in [4.78, 5) is 23.8. The van der Waals surface area contributed by atoms with Crippen LogP contribution >= 0.6 is 0 Å². The molecule has 0 amide bonds. The largest absolute Gasteiger partial charge is 0.462 e. The molecule has 118 valence electrons. The molecular weight excluding hydrogens is 292 g/mol. The number of carbonyl (C=O) groups is 1. The molecule has 0 spiro atoms. The fourth-order valence-electron chi connectivity index (χ4n) is 2.43. The third kappa shape index (κ3) is 3.04. The number of carbonyl (C=O) groups excluding carboxylic acids is 1. The molecule has 0 aliphatic carbocycles.